The number of hydrogen-bond donors (Lipinski definition) is 0. The highest BCUT2D eigenvalue weighted by atomic mass is 35.5. The molecule has 110 valence electrons. The van der Waals surface area contributed by atoms with Crippen LogP contribution in [0.4, 0.5) is 0 Å². The van der Waals surface area contributed by atoms with Crippen molar-refractivity contribution in [3.63, 3.8) is 0 Å². The average molecular weight is 319 g/mol. The molecule has 0 saturated heterocycles. The molecule has 0 aliphatic rings. The van der Waals surface area contributed by atoms with E-state index >= 15 is 0 Å². The van der Waals surface area contributed by atoms with Gasteiger partial charge < -0.3 is 8.83 Å². The lowest BCUT2D eigenvalue weighted by Gasteiger charge is -2.02. The normalized spacial score (nSPS) is 11.7. The van der Waals surface area contributed by atoms with Crippen molar-refractivity contribution in [3.8, 4) is 11.1 Å². The third-order valence-electron chi connectivity index (χ3n) is 4.24. The molecule has 0 fully saturated rings. The molecule has 0 unspecified atom stereocenters. The van der Waals surface area contributed by atoms with E-state index in [0.717, 1.165) is 44.0 Å². The quantitative estimate of drug-likeness (QED) is 0.346. The monoisotopic (exact) mass is 318 g/mol. The van der Waals surface area contributed by atoms with Crippen LogP contribution in [0.1, 0.15) is 0 Å². The summed E-state index contributed by atoms with van der Waals surface area (Å²) in [4.78, 5) is 0. The Bertz CT molecular complexity index is 1180. The van der Waals surface area contributed by atoms with Crippen LogP contribution in [0.2, 0.25) is 5.02 Å². The molecule has 2 nitrogen and oxygen atoms in total. The lowest BCUT2D eigenvalue weighted by molar-refractivity contribution is 0.617. The van der Waals surface area contributed by atoms with Crippen molar-refractivity contribution in [2.45, 2.75) is 0 Å². The van der Waals surface area contributed by atoms with E-state index in [1.807, 2.05) is 48.5 Å². The molecular formula is C20H11ClO2. The molecule has 0 aliphatic heterocycles. The van der Waals surface area contributed by atoms with Gasteiger partial charge in [0.15, 0.2) is 0 Å². The second-order valence-electron chi connectivity index (χ2n) is 5.54. The van der Waals surface area contributed by atoms with Crippen molar-refractivity contribution in [1.29, 1.82) is 0 Å². The molecule has 0 bridgehead atoms. The summed E-state index contributed by atoms with van der Waals surface area (Å²) in [5, 5.41) is 3.76. The van der Waals surface area contributed by atoms with Crippen molar-refractivity contribution in [2.75, 3.05) is 0 Å². The first-order valence-corrected chi connectivity index (χ1v) is 7.77. The lowest BCUT2D eigenvalue weighted by atomic mass is 9.99. The maximum atomic E-state index is 6.45. The van der Waals surface area contributed by atoms with E-state index in [4.69, 9.17) is 20.4 Å². The fraction of sp³-hybridized carbons (Fsp3) is 0. The van der Waals surface area contributed by atoms with Gasteiger partial charge in [-0.3, -0.25) is 0 Å². The second-order valence-corrected chi connectivity index (χ2v) is 5.95. The van der Waals surface area contributed by atoms with Crippen LogP contribution in [0.5, 0.6) is 0 Å². The number of fused-ring (bicyclic) bond motifs is 4. The Morgan fingerprint density at radius 2 is 1.39 bits per heavy atom. The number of hydrogen-bond acceptors (Lipinski definition) is 2. The molecule has 0 saturated carbocycles. The Labute approximate surface area is 136 Å². The van der Waals surface area contributed by atoms with Crippen molar-refractivity contribution in [3.05, 3.63) is 71.9 Å². The molecule has 3 heteroatoms. The molecule has 2 heterocycles. The Morgan fingerprint density at radius 3 is 2.30 bits per heavy atom. The third-order valence-corrected chi connectivity index (χ3v) is 4.56. The summed E-state index contributed by atoms with van der Waals surface area (Å²) >= 11 is 6.45. The van der Waals surface area contributed by atoms with Gasteiger partial charge in [-0.25, -0.2) is 0 Å². The van der Waals surface area contributed by atoms with Crippen molar-refractivity contribution < 1.29 is 8.83 Å². The molecule has 0 amide bonds. The predicted octanol–water partition coefficient (Wildman–Crippen LogP) is 6.65. The minimum atomic E-state index is 0.696. The molecule has 3 aromatic carbocycles. The summed E-state index contributed by atoms with van der Waals surface area (Å²) in [6.07, 6.45) is 1.80. The zero-order valence-electron chi connectivity index (χ0n) is 12.0. The zero-order chi connectivity index (χ0) is 15.4. The number of furan rings is 2. The van der Waals surface area contributed by atoms with Crippen molar-refractivity contribution in [2.24, 2.45) is 0 Å². The number of rotatable bonds is 1. The molecule has 23 heavy (non-hydrogen) atoms. The number of para-hydroxylation sites is 1. The van der Waals surface area contributed by atoms with E-state index in [2.05, 4.69) is 12.1 Å². The summed E-state index contributed by atoms with van der Waals surface area (Å²) in [6.45, 7) is 0. The van der Waals surface area contributed by atoms with Crippen LogP contribution in [0.15, 0.2) is 75.8 Å². The fourth-order valence-corrected chi connectivity index (χ4v) is 3.50. The Morgan fingerprint density at radius 1 is 0.652 bits per heavy atom. The van der Waals surface area contributed by atoms with Gasteiger partial charge in [0.1, 0.15) is 16.7 Å². The highest BCUT2D eigenvalue weighted by Crippen LogP contribution is 2.41. The van der Waals surface area contributed by atoms with Gasteiger partial charge in [0, 0.05) is 21.7 Å². The smallest absolute Gasteiger partial charge is 0.136 e. The minimum Gasteiger partial charge on any atom is -0.464 e. The maximum Gasteiger partial charge on any atom is 0.136 e. The molecule has 2 aromatic heterocycles. The lowest BCUT2D eigenvalue weighted by Crippen LogP contribution is -1.78. The molecule has 0 N–H and O–H groups in total. The molecule has 0 atom stereocenters. The van der Waals surface area contributed by atoms with Crippen LogP contribution in [0.3, 0.4) is 0 Å². The third kappa shape index (κ3) is 1.76. The van der Waals surface area contributed by atoms with Gasteiger partial charge in [0.2, 0.25) is 0 Å². The number of halogens is 1. The summed E-state index contributed by atoms with van der Waals surface area (Å²) in [5.74, 6) is 0. The second kappa shape index (κ2) is 4.64. The van der Waals surface area contributed by atoms with E-state index in [0.29, 0.717) is 5.02 Å². The number of benzene rings is 3. The first-order chi connectivity index (χ1) is 11.3. The van der Waals surface area contributed by atoms with Gasteiger partial charge in [-0.15, -0.1) is 0 Å². The van der Waals surface area contributed by atoms with Gasteiger partial charge >= 0.3 is 0 Å². The van der Waals surface area contributed by atoms with E-state index < -0.39 is 0 Å². The first kappa shape index (κ1) is 12.8. The van der Waals surface area contributed by atoms with Gasteiger partial charge in [-0.05, 0) is 29.8 Å². The van der Waals surface area contributed by atoms with E-state index in [1.165, 1.54) is 0 Å². The molecule has 5 aromatic rings. The summed E-state index contributed by atoms with van der Waals surface area (Å²) in [7, 11) is 0. The van der Waals surface area contributed by atoms with Crippen LogP contribution in [-0.4, -0.2) is 0 Å². The van der Waals surface area contributed by atoms with Crippen LogP contribution >= 0.6 is 11.6 Å². The zero-order valence-corrected chi connectivity index (χ0v) is 12.8. The molecule has 0 radical (unpaired) electrons. The highest BCUT2D eigenvalue weighted by molar-refractivity contribution is 6.38. The highest BCUT2D eigenvalue weighted by Gasteiger charge is 2.17. The maximum absolute atomic E-state index is 6.45. The molecular weight excluding hydrogens is 308 g/mol. The van der Waals surface area contributed by atoms with Gasteiger partial charge in [-0.2, -0.15) is 0 Å². The minimum absolute atomic E-state index is 0.696. The largest absolute Gasteiger partial charge is 0.464 e. The molecule has 5 rings (SSSR count). The first-order valence-electron chi connectivity index (χ1n) is 7.39. The van der Waals surface area contributed by atoms with Crippen LogP contribution in [0, 0.1) is 0 Å². The summed E-state index contributed by atoms with van der Waals surface area (Å²) < 4.78 is 11.7. The average Bonchev–Trinajstić information content (AvgIpc) is 3.16. The van der Waals surface area contributed by atoms with Gasteiger partial charge in [0.25, 0.3) is 0 Å². The molecule has 0 spiro atoms. The van der Waals surface area contributed by atoms with Crippen LogP contribution in [0.25, 0.3) is 44.0 Å². The van der Waals surface area contributed by atoms with Crippen LogP contribution < -0.4 is 0 Å². The van der Waals surface area contributed by atoms with Crippen LogP contribution in [-0.2, 0) is 0 Å². The summed E-state index contributed by atoms with van der Waals surface area (Å²) in [6, 6.07) is 19.8. The molecule has 0 aliphatic carbocycles. The Hall–Kier alpha value is -2.71. The Kier molecular flexibility index (Phi) is 2.58. The van der Waals surface area contributed by atoms with E-state index in [-0.39, 0.29) is 0 Å². The summed E-state index contributed by atoms with van der Waals surface area (Å²) in [5.41, 5.74) is 4.62. The van der Waals surface area contributed by atoms with Crippen molar-refractivity contribution >= 4 is 44.5 Å². The standard InChI is InChI=1S/C20H11ClO2/c21-15-7-4-10-18-20(15)19-13(6-3-9-17(19)23-18)14-11-22-16-8-2-1-5-12(14)16/h1-11H. The van der Waals surface area contributed by atoms with Crippen molar-refractivity contribution in [1.82, 2.24) is 0 Å². The van der Waals surface area contributed by atoms with Gasteiger partial charge in [0.05, 0.1) is 11.3 Å². The Balaban J connectivity index is 1.97. The predicted molar refractivity (Wildman–Crippen MR) is 93.9 cm³/mol. The SMILES string of the molecule is Clc1cccc2oc3cccc(-c4coc5ccccc45)c3c12. The van der Waals surface area contributed by atoms with E-state index in [9.17, 15) is 0 Å². The van der Waals surface area contributed by atoms with E-state index in [1.54, 1.807) is 6.26 Å². The van der Waals surface area contributed by atoms with Gasteiger partial charge in [-0.1, -0.05) is 48.0 Å². The fourth-order valence-electron chi connectivity index (χ4n) is 3.24. The topological polar surface area (TPSA) is 26.3 Å².